The third kappa shape index (κ3) is 3.74. The first-order chi connectivity index (χ1) is 13.1. The highest BCUT2D eigenvalue weighted by Gasteiger charge is 2.36. The standard InChI is InChI=1S/C16H24N6O5S/c1-20-13-12(15(24)21(2)16(20)25)18-11(19-13)7-4-8-17-14(23)10-6-5-9-22(10)28(3,26)27/h10H,4-9H2,1-3H3,(H,17,23)(H,18,19). The molecule has 1 aliphatic heterocycles. The Balaban J connectivity index is 1.61. The van der Waals surface area contributed by atoms with Gasteiger partial charge in [-0.25, -0.2) is 18.2 Å². The van der Waals surface area contributed by atoms with Crippen molar-refractivity contribution >= 4 is 27.1 Å². The molecular formula is C16H24N6O5S. The molecule has 2 aromatic rings. The third-order valence-electron chi connectivity index (χ3n) is 4.97. The molecule has 1 fully saturated rings. The molecule has 1 aliphatic rings. The highest BCUT2D eigenvalue weighted by molar-refractivity contribution is 7.88. The number of carbonyl (C=O) groups is 1. The number of H-pyrrole nitrogens is 1. The molecular weight excluding hydrogens is 388 g/mol. The second-order valence-electron chi connectivity index (χ2n) is 7.01. The van der Waals surface area contributed by atoms with Gasteiger partial charge in [0.25, 0.3) is 5.56 Å². The Hall–Kier alpha value is -2.47. The van der Waals surface area contributed by atoms with Gasteiger partial charge >= 0.3 is 5.69 Å². The molecule has 3 rings (SSSR count). The summed E-state index contributed by atoms with van der Waals surface area (Å²) in [6.07, 6.45) is 3.30. The number of aromatic nitrogens is 4. The zero-order chi connectivity index (χ0) is 20.6. The van der Waals surface area contributed by atoms with Crippen molar-refractivity contribution in [2.45, 2.75) is 31.7 Å². The molecule has 0 radical (unpaired) electrons. The fourth-order valence-electron chi connectivity index (χ4n) is 3.48. The molecule has 154 valence electrons. The second kappa shape index (κ2) is 7.51. The minimum atomic E-state index is -3.40. The van der Waals surface area contributed by atoms with Crippen molar-refractivity contribution in [2.24, 2.45) is 14.1 Å². The van der Waals surface area contributed by atoms with Gasteiger partial charge in [0.15, 0.2) is 5.65 Å². The van der Waals surface area contributed by atoms with Crippen LogP contribution in [0.25, 0.3) is 11.2 Å². The molecule has 0 spiro atoms. The van der Waals surface area contributed by atoms with Crippen LogP contribution in [-0.2, 0) is 35.3 Å². The first-order valence-corrected chi connectivity index (χ1v) is 10.8. The number of imidazole rings is 1. The number of sulfonamides is 1. The number of aryl methyl sites for hydroxylation is 2. The molecule has 0 saturated carbocycles. The number of carbonyl (C=O) groups excluding carboxylic acids is 1. The first-order valence-electron chi connectivity index (χ1n) is 9.00. The van der Waals surface area contributed by atoms with Gasteiger partial charge in [-0.3, -0.25) is 18.7 Å². The van der Waals surface area contributed by atoms with Crippen molar-refractivity contribution in [3.63, 3.8) is 0 Å². The van der Waals surface area contributed by atoms with Crippen LogP contribution < -0.4 is 16.6 Å². The monoisotopic (exact) mass is 412 g/mol. The summed E-state index contributed by atoms with van der Waals surface area (Å²) in [5, 5.41) is 2.76. The zero-order valence-electron chi connectivity index (χ0n) is 16.1. The first kappa shape index (κ1) is 20.3. The number of aromatic amines is 1. The number of hydrogen-bond acceptors (Lipinski definition) is 6. The van der Waals surface area contributed by atoms with E-state index < -0.39 is 27.3 Å². The van der Waals surface area contributed by atoms with Crippen LogP contribution in [-0.4, -0.2) is 63.1 Å². The highest BCUT2D eigenvalue weighted by Crippen LogP contribution is 2.20. The minimum Gasteiger partial charge on any atom is -0.355 e. The minimum absolute atomic E-state index is 0.262. The molecule has 1 amide bonds. The molecule has 1 saturated heterocycles. The van der Waals surface area contributed by atoms with E-state index in [9.17, 15) is 22.8 Å². The molecule has 0 bridgehead atoms. The highest BCUT2D eigenvalue weighted by atomic mass is 32.2. The van der Waals surface area contributed by atoms with Gasteiger partial charge in [-0.1, -0.05) is 0 Å². The van der Waals surface area contributed by atoms with Gasteiger partial charge in [0, 0.05) is 33.6 Å². The second-order valence-corrected chi connectivity index (χ2v) is 8.95. The lowest BCUT2D eigenvalue weighted by atomic mass is 10.2. The molecule has 12 heteroatoms. The maximum absolute atomic E-state index is 12.3. The molecule has 3 heterocycles. The molecule has 0 aliphatic carbocycles. The van der Waals surface area contributed by atoms with Gasteiger partial charge in [-0.15, -0.1) is 0 Å². The summed E-state index contributed by atoms with van der Waals surface area (Å²) in [5.74, 6) is 0.241. The number of fused-ring (bicyclic) bond motifs is 1. The van der Waals surface area contributed by atoms with Crippen LogP contribution >= 0.6 is 0 Å². The molecule has 1 unspecified atom stereocenters. The zero-order valence-corrected chi connectivity index (χ0v) is 16.9. The topological polar surface area (TPSA) is 139 Å². The summed E-state index contributed by atoms with van der Waals surface area (Å²) in [6.45, 7) is 0.713. The number of nitrogens with zero attached hydrogens (tertiary/aromatic N) is 4. The van der Waals surface area contributed by atoms with Crippen molar-refractivity contribution in [1.29, 1.82) is 0 Å². The van der Waals surface area contributed by atoms with E-state index in [2.05, 4.69) is 15.3 Å². The van der Waals surface area contributed by atoms with E-state index in [1.54, 1.807) is 7.05 Å². The number of amides is 1. The summed E-state index contributed by atoms with van der Waals surface area (Å²) in [5.41, 5.74) is -0.331. The SMILES string of the molecule is Cn1c(=O)c2[nH]c(CCCNC(=O)C3CCCN3S(C)(=O)=O)nc2n(C)c1=O. The molecule has 2 N–H and O–H groups in total. The summed E-state index contributed by atoms with van der Waals surface area (Å²) in [7, 11) is -0.451. The van der Waals surface area contributed by atoms with E-state index in [0.29, 0.717) is 50.2 Å². The Bertz CT molecular complexity index is 1130. The van der Waals surface area contributed by atoms with Gasteiger partial charge in [0.2, 0.25) is 15.9 Å². The van der Waals surface area contributed by atoms with Gasteiger partial charge < -0.3 is 10.3 Å². The summed E-state index contributed by atoms with van der Waals surface area (Å²) < 4.78 is 27.0. The van der Waals surface area contributed by atoms with Crippen molar-refractivity contribution in [2.75, 3.05) is 19.3 Å². The van der Waals surface area contributed by atoms with Crippen LogP contribution in [0.3, 0.4) is 0 Å². The van der Waals surface area contributed by atoms with Gasteiger partial charge in [-0.05, 0) is 19.3 Å². The average Bonchev–Trinajstić information content (AvgIpc) is 3.28. The summed E-state index contributed by atoms with van der Waals surface area (Å²) in [6, 6.07) is -0.654. The van der Waals surface area contributed by atoms with E-state index in [1.807, 2.05) is 0 Å². The smallest absolute Gasteiger partial charge is 0.332 e. The van der Waals surface area contributed by atoms with E-state index in [4.69, 9.17) is 0 Å². The van der Waals surface area contributed by atoms with Crippen LogP contribution in [0.1, 0.15) is 25.1 Å². The van der Waals surface area contributed by atoms with E-state index >= 15 is 0 Å². The van der Waals surface area contributed by atoms with Crippen molar-refractivity contribution in [3.8, 4) is 0 Å². The molecule has 1 atom stereocenters. The number of rotatable bonds is 6. The normalized spacial score (nSPS) is 18.0. The van der Waals surface area contributed by atoms with Gasteiger partial charge in [0.05, 0.1) is 6.26 Å². The Morgan fingerprint density at radius 3 is 2.68 bits per heavy atom. The molecule has 11 nitrogen and oxygen atoms in total. The fourth-order valence-corrected chi connectivity index (χ4v) is 4.60. The lowest BCUT2D eigenvalue weighted by molar-refractivity contribution is -0.124. The third-order valence-corrected chi connectivity index (χ3v) is 6.25. The van der Waals surface area contributed by atoms with E-state index in [0.717, 1.165) is 10.8 Å². The average molecular weight is 412 g/mol. The van der Waals surface area contributed by atoms with Crippen molar-refractivity contribution < 1.29 is 13.2 Å². The largest absolute Gasteiger partial charge is 0.355 e. The van der Waals surface area contributed by atoms with Gasteiger partial charge in [0.1, 0.15) is 17.4 Å². The van der Waals surface area contributed by atoms with Crippen LogP contribution in [0.2, 0.25) is 0 Å². The molecule has 2 aromatic heterocycles. The van der Waals surface area contributed by atoms with Crippen molar-refractivity contribution in [1.82, 2.24) is 28.7 Å². The van der Waals surface area contributed by atoms with Crippen LogP contribution in [0.15, 0.2) is 9.59 Å². The van der Waals surface area contributed by atoms with E-state index in [1.165, 1.54) is 15.9 Å². The lowest BCUT2D eigenvalue weighted by Crippen LogP contribution is -2.45. The summed E-state index contributed by atoms with van der Waals surface area (Å²) in [4.78, 5) is 43.7. The Labute approximate surface area is 161 Å². The van der Waals surface area contributed by atoms with Crippen LogP contribution in [0.4, 0.5) is 0 Å². The predicted octanol–water partition coefficient (Wildman–Crippen LogP) is -1.57. The maximum atomic E-state index is 12.3. The molecule has 28 heavy (non-hydrogen) atoms. The van der Waals surface area contributed by atoms with Crippen LogP contribution in [0.5, 0.6) is 0 Å². The Morgan fingerprint density at radius 1 is 1.29 bits per heavy atom. The fraction of sp³-hybridized carbons (Fsp3) is 0.625. The molecule has 0 aromatic carbocycles. The lowest BCUT2D eigenvalue weighted by Gasteiger charge is -2.21. The predicted molar refractivity (Wildman–Crippen MR) is 102 cm³/mol. The maximum Gasteiger partial charge on any atom is 0.332 e. The van der Waals surface area contributed by atoms with Crippen molar-refractivity contribution in [3.05, 3.63) is 26.7 Å². The Morgan fingerprint density at radius 2 is 2.00 bits per heavy atom. The summed E-state index contributed by atoms with van der Waals surface area (Å²) >= 11 is 0. The van der Waals surface area contributed by atoms with E-state index in [-0.39, 0.29) is 11.4 Å². The van der Waals surface area contributed by atoms with Crippen LogP contribution in [0, 0.1) is 0 Å². The quantitative estimate of drug-likeness (QED) is 0.550. The number of hydrogen-bond donors (Lipinski definition) is 2. The van der Waals surface area contributed by atoms with Gasteiger partial charge in [-0.2, -0.15) is 4.31 Å². The Kier molecular flexibility index (Phi) is 5.44. The number of nitrogens with one attached hydrogen (secondary N) is 2.